The van der Waals surface area contributed by atoms with Crippen LogP contribution >= 0.6 is 27.7 Å². The van der Waals surface area contributed by atoms with Crippen LogP contribution in [-0.4, -0.2) is 27.7 Å². The topological polar surface area (TPSA) is 69.0 Å². The van der Waals surface area contributed by atoms with Crippen LogP contribution in [0.4, 0.5) is 5.95 Å². The van der Waals surface area contributed by atoms with Gasteiger partial charge in [-0.15, -0.1) is 5.10 Å². The molecule has 1 atom stereocenters. The maximum Gasteiger partial charge on any atom is 0.227 e. The van der Waals surface area contributed by atoms with E-state index >= 15 is 0 Å². The standard InChI is InChI=1S/C23H21BrN4O2S/c1-30-19-11-10-15(12-16(19)24)21-20-17(8-5-9-18(20)29)25-22-26-23(27-28(21)22)31-13-14-6-3-2-4-7-14/h2-4,6-7,10-12,21H,5,8-9,13H2,1H3,(H,25,26,27)/t21-/m1/s1. The van der Waals surface area contributed by atoms with E-state index in [1.807, 2.05) is 41.1 Å². The highest BCUT2D eigenvalue weighted by molar-refractivity contribution is 9.10. The van der Waals surface area contributed by atoms with Crippen molar-refractivity contribution in [3.05, 3.63) is 75.4 Å². The molecule has 8 heteroatoms. The Bertz CT molecular complexity index is 1180. The molecule has 1 N–H and O–H groups in total. The molecule has 0 radical (unpaired) electrons. The van der Waals surface area contributed by atoms with E-state index in [0.717, 1.165) is 45.7 Å². The number of nitrogens with one attached hydrogen (secondary N) is 1. The Morgan fingerprint density at radius 1 is 1.23 bits per heavy atom. The second-order valence-electron chi connectivity index (χ2n) is 7.53. The van der Waals surface area contributed by atoms with Crippen LogP contribution in [0.25, 0.3) is 0 Å². The molecule has 0 unspecified atom stereocenters. The molecular formula is C23H21BrN4O2S. The summed E-state index contributed by atoms with van der Waals surface area (Å²) in [6.07, 6.45) is 2.26. The molecule has 3 aromatic rings. The summed E-state index contributed by atoms with van der Waals surface area (Å²) in [6, 6.07) is 15.9. The van der Waals surface area contributed by atoms with Crippen molar-refractivity contribution in [1.82, 2.24) is 14.8 Å². The highest BCUT2D eigenvalue weighted by atomic mass is 79.9. The maximum atomic E-state index is 12.9. The minimum Gasteiger partial charge on any atom is -0.496 e. The van der Waals surface area contributed by atoms with Gasteiger partial charge in [0.2, 0.25) is 11.1 Å². The second kappa shape index (κ2) is 8.51. The van der Waals surface area contributed by atoms with Crippen molar-refractivity contribution < 1.29 is 9.53 Å². The molecule has 0 saturated heterocycles. The molecule has 5 rings (SSSR count). The highest BCUT2D eigenvalue weighted by Gasteiger charge is 2.37. The minimum absolute atomic E-state index is 0.172. The molecule has 2 heterocycles. The molecule has 0 bridgehead atoms. The van der Waals surface area contributed by atoms with Gasteiger partial charge < -0.3 is 10.1 Å². The normalized spacial score (nSPS) is 17.7. The Morgan fingerprint density at radius 2 is 2.06 bits per heavy atom. The second-order valence-corrected chi connectivity index (χ2v) is 9.32. The van der Waals surface area contributed by atoms with Crippen molar-refractivity contribution in [2.75, 3.05) is 12.4 Å². The summed E-state index contributed by atoms with van der Waals surface area (Å²) in [5, 5.41) is 8.87. The molecule has 1 aliphatic carbocycles. The van der Waals surface area contributed by atoms with Crippen LogP contribution in [0.5, 0.6) is 5.75 Å². The molecule has 0 saturated carbocycles. The van der Waals surface area contributed by atoms with Crippen molar-refractivity contribution in [2.24, 2.45) is 0 Å². The van der Waals surface area contributed by atoms with Gasteiger partial charge in [-0.1, -0.05) is 48.2 Å². The third-order valence-corrected chi connectivity index (χ3v) is 7.08. The average molecular weight is 497 g/mol. The third kappa shape index (κ3) is 3.90. The Balaban J connectivity index is 1.53. The van der Waals surface area contributed by atoms with Crippen molar-refractivity contribution >= 4 is 39.4 Å². The lowest BCUT2D eigenvalue weighted by Crippen LogP contribution is -2.31. The van der Waals surface area contributed by atoms with Crippen LogP contribution in [0.2, 0.25) is 0 Å². The van der Waals surface area contributed by atoms with E-state index < -0.39 is 0 Å². The first-order chi connectivity index (χ1) is 15.1. The van der Waals surface area contributed by atoms with E-state index in [4.69, 9.17) is 14.8 Å². The zero-order valence-electron chi connectivity index (χ0n) is 17.0. The lowest BCUT2D eigenvalue weighted by molar-refractivity contribution is -0.116. The lowest BCUT2D eigenvalue weighted by Gasteiger charge is -2.32. The van der Waals surface area contributed by atoms with Crippen LogP contribution in [-0.2, 0) is 10.5 Å². The van der Waals surface area contributed by atoms with E-state index in [-0.39, 0.29) is 11.8 Å². The summed E-state index contributed by atoms with van der Waals surface area (Å²) < 4.78 is 8.08. The molecule has 31 heavy (non-hydrogen) atoms. The number of carbonyl (C=O) groups is 1. The smallest absolute Gasteiger partial charge is 0.227 e. The number of aromatic nitrogens is 3. The van der Waals surface area contributed by atoms with Gasteiger partial charge in [-0.25, -0.2) is 4.68 Å². The summed E-state index contributed by atoms with van der Waals surface area (Å²) in [6.45, 7) is 0. The van der Waals surface area contributed by atoms with Crippen LogP contribution in [0.15, 0.2) is 69.4 Å². The highest BCUT2D eigenvalue weighted by Crippen LogP contribution is 2.42. The fraction of sp³-hybridized carbons (Fsp3) is 0.261. The zero-order chi connectivity index (χ0) is 21.4. The first-order valence-electron chi connectivity index (χ1n) is 10.1. The third-order valence-electron chi connectivity index (χ3n) is 5.55. The van der Waals surface area contributed by atoms with Crippen molar-refractivity contribution in [1.29, 1.82) is 0 Å². The van der Waals surface area contributed by atoms with Crippen LogP contribution < -0.4 is 10.1 Å². The summed E-state index contributed by atoms with van der Waals surface area (Å²) >= 11 is 5.17. The molecule has 0 fully saturated rings. The SMILES string of the molecule is COc1ccc([C@@H]2C3=C(CCCC3=O)Nc3nc(SCc4ccccc4)nn32)cc1Br. The summed E-state index contributed by atoms with van der Waals surface area (Å²) in [7, 11) is 1.64. The van der Waals surface area contributed by atoms with Gasteiger partial charge >= 0.3 is 0 Å². The van der Waals surface area contributed by atoms with E-state index in [2.05, 4.69) is 33.4 Å². The molecule has 1 aromatic heterocycles. The van der Waals surface area contributed by atoms with Crippen molar-refractivity contribution in [3.63, 3.8) is 0 Å². The molecule has 2 aliphatic rings. The number of ketones is 1. The number of thioether (sulfide) groups is 1. The maximum absolute atomic E-state index is 12.9. The number of hydrogen-bond acceptors (Lipinski definition) is 6. The van der Waals surface area contributed by atoms with Gasteiger partial charge in [0.25, 0.3) is 0 Å². The van der Waals surface area contributed by atoms with Gasteiger partial charge in [-0.3, -0.25) is 4.79 Å². The predicted octanol–water partition coefficient (Wildman–Crippen LogP) is 5.36. The fourth-order valence-corrected chi connectivity index (χ4v) is 5.42. The number of fused-ring (bicyclic) bond motifs is 1. The molecule has 158 valence electrons. The molecule has 1 aliphatic heterocycles. The van der Waals surface area contributed by atoms with E-state index in [1.54, 1.807) is 18.9 Å². The summed E-state index contributed by atoms with van der Waals surface area (Å²) in [5.41, 5.74) is 3.95. The number of rotatable bonds is 5. The molecule has 0 amide bonds. The number of Topliss-reactive ketones (excluding diaryl/α,β-unsaturated/α-hetero) is 1. The summed E-state index contributed by atoms with van der Waals surface area (Å²) in [5.74, 6) is 2.39. The first kappa shape index (κ1) is 20.3. The number of nitrogens with zero attached hydrogens (tertiary/aromatic N) is 3. The number of ether oxygens (including phenoxy) is 1. The number of carbonyl (C=O) groups excluding carboxylic acids is 1. The molecule has 0 spiro atoms. The molecular weight excluding hydrogens is 476 g/mol. The quantitative estimate of drug-likeness (QED) is 0.479. The zero-order valence-corrected chi connectivity index (χ0v) is 19.4. The minimum atomic E-state index is -0.306. The van der Waals surface area contributed by atoms with Gasteiger partial charge in [-0.05, 0) is 52.0 Å². The Hall–Kier alpha value is -2.58. The first-order valence-corrected chi connectivity index (χ1v) is 11.9. The number of anilines is 1. The van der Waals surface area contributed by atoms with E-state index in [0.29, 0.717) is 17.5 Å². The Kier molecular flexibility index (Phi) is 5.58. The number of allylic oxidation sites excluding steroid dienone is 2. The summed E-state index contributed by atoms with van der Waals surface area (Å²) in [4.78, 5) is 17.7. The largest absolute Gasteiger partial charge is 0.496 e. The van der Waals surface area contributed by atoms with Crippen molar-refractivity contribution in [2.45, 2.75) is 36.2 Å². The van der Waals surface area contributed by atoms with Crippen LogP contribution in [0, 0.1) is 0 Å². The van der Waals surface area contributed by atoms with Crippen LogP contribution in [0.1, 0.15) is 36.4 Å². The number of hydrogen-bond donors (Lipinski definition) is 1. The van der Waals surface area contributed by atoms with Gasteiger partial charge in [-0.2, -0.15) is 4.98 Å². The van der Waals surface area contributed by atoms with E-state index in [9.17, 15) is 4.79 Å². The Morgan fingerprint density at radius 3 is 2.84 bits per heavy atom. The van der Waals surface area contributed by atoms with Gasteiger partial charge in [0.1, 0.15) is 11.8 Å². The molecule has 6 nitrogen and oxygen atoms in total. The van der Waals surface area contributed by atoms with Gasteiger partial charge in [0.05, 0.1) is 11.6 Å². The fourth-order valence-electron chi connectivity index (χ4n) is 4.08. The van der Waals surface area contributed by atoms with Crippen molar-refractivity contribution in [3.8, 4) is 5.75 Å². The predicted molar refractivity (Wildman–Crippen MR) is 124 cm³/mol. The van der Waals surface area contributed by atoms with Crippen LogP contribution in [0.3, 0.4) is 0 Å². The number of methoxy groups -OCH3 is 1. The number of benzene rings is 2. The Labute approximate surface area is 193 Å². The van der Waals surface area contributed by atoms with Gasteiger partial charge in [0, 0.05) is 23.4 Å². The molecule has 2 aromatic carbocycles. The monoisotopic (exact) mass is 496 g/mol. The number of halogens is 1. The lowest BCUT2D eigenvalue weighted by atomic mass is 9.85. The average Bonchev–Trinajstić information content (AvgIpc) is 3.19. The van der Waals surface area contributed by atoms with Gasteiger partial charge in [0.15, 0.2) is 5.78 Å². The van der Waals surface area contributed by atoms with E-state index in [1.165, 1.54) is 5.56 Å².